The zero-order valence-electron chi connectivity index (χ0n) is 9.55. The Hall–Kier alpha value is -0.120. The lowest BCUT2D eigenvalue weighted by Crippen LogP contribution is -2.44. The molecule has 3 heteroatoms. The van der Waals surface area contributed by atoms with Gasteiger partial charge < -0.3 is 4.74 Å². The first-order valence-corrected chi connectivity index (χ1v) is 4.98. The van der Waals surface area contributed by atoms with Crippen LogP contribution in [0.1, 0.15) is 40.5 Å². The second-order valence-electron chi connectivity index (χ2n) is 4.33. The molecule has 0 aromatic rings. The number of rotatable bonds is 6. The van der Waals surface area contributed by atoms with E-state index in [-0.39, 0.29) is 5.60 Å². The van der Waals surface area contributed by atoms with Gasteiger partial charge in [0.15, 0.2) is 0 Å². The molecule has 0 fully saturated rings. The summed E-state index contributed by atoms with van der Waals surface area (Å²) in [5.41, 5.74) is 2.77. The minimum Gasteiger partial charge on any atom is -0.379 e. The van der Waals surface area contributed by atoms with Gasteiger partial charge in [0.25, 0.3) is 0 Å². The Balaban J connectivity index is 4.11. The highest BCUT2D eigenvalue weighted by Crippen LogP contribution is 2.20. The summed E-state index contributed by atoms with van der Waals surface area (Å²) in [7, 11) is 1.74. The number of ether oxygens (including phenoxy) is 1. The maximum Gasteiger partial charge on any atom is 0.0638 e. The van der Waals surface area contributed by atoms with Crippen LogP contribution in [0.3, 0.4) is 0 Å². The third kappa shape index (κ3) is 4.60. The summed E-state index contributed by atoms with van der Waals surface area (Å²) in [5.74, 6) is 6.09. The third-order valence-electron chi connectivity index (χ3n) is 2.81. The number of methoxy groups -OCH3 is 1. The van der Waals surface area contributed by atoms with Crippen LogP contribution in [-0.2, 0) is 4.74 Å². The van der Waals surface area contributed by atoms with E-state index < -0.39 is 0 Å². The number of nitrogens with one attached hydrogen (secondary N) is 1. The lowest BCUT2D eigenvalue weighted by molar-refractivity contribution is 0.00201. The minimum atomic E-state index is -0.0968. The van der Waals surface area contributed by atoms with E-state index in [0.29, 0.717) is 12.0 Å². The first-order chi connectivity index (χ1) is 5.96. The van der Waals surface area contributed by atoms with Gasteiger partial charge in [0, 0.05) is 13.2 Å². The van der Waals surface area contributed by atoms with Crippen molar-refractivity contribution in [1.82, 2.24) is 5.43 Å². The van der Waals surface area contributed by atoms with Gasteiger partial charge in [-0.2, -0.15) is 0 Å². The molecule has 0 saturated heterocycles. The molecule has 0 saturated carbocycles. The van der Waals surface area contributed by atoms with Crippen molar-refractivity contribution in [2.45, 2.75) is 52.2 Å². The molecular formula is C10H24N2O. The second-order valence-corrected chi connectivity index (χ2v) is 4.33. The van der Waals surface area contributed by atoms with E-state index >= 15 is 0 Å². The summed E-state index contributed by atoms with van der Waals surface area (Å²) in [6.07, 6.45) is 2.07. The van der Waals surface area contributed by atoms with E-state index in [2.05, 4.69) is 33.1 Å². The van der Waals surface area contributed by atoms with E-state index in [1.54, 1.807) is 7.11 Å². The van der Waals surface area contributed by atoms with Crippen LogP contribution < -0.4 is 11.3 Å². The van der Waals surface area contributed by atoms with Crippen LogP contribution in [0.5, 0.6) is 0 Å². The lowest BCUT2D eigenvalue weighted by Gasteiger charge is -2.31. The van der Waals surface area contributed by atoms with Crippen molar-refractivity contribution in [3.05, 3.63) is 0 Å². The second kappa shape index (κ2) is 5.58. The largest absolute Gasteiger partial charge is 0.379 e. The molecule has 0 aliphatic rings. The highest BCUT2D eigenvalue weighted by molar-refractivity contribution is 4.79. The van der Waals surface area contributed by atoms with Crippen LogP contribution in [0.25, 0.3) is 0 Å². The van der Waals surface area contributed by atoms with Gasteiger partial charge in [0.2, 0.25) is 0 Å². The zero-order chi connectivity index (χ0) is 10.5. The number of hydrazine groups is 1. The molecule has 13 heavy (non-hydrogen) atoms. The maximum atomic E-state index is 5.51. The Kier molecular flexibility index (Phi) is 5.53. The van der Waals surface area contributed by atoms with Gasteiger partial charge in [-0.3, -0.25) is 11.3 Å². The molecule has 2 atom stereocenters. The number of hydrogen-bond acceptors (Lipinski definition) is 3. The predicted octanol–water partition coefficient (Wildman–Crippen LogP) is 1.68. The Morgan fingerprint density at radius 3 is 2.31 bits per heavy atom. The Labute approximate surface area is 82.0 Å². The standard InChI is InChI=1S/C10H24N2O/c1-6-8(2)9(12-11)7-10(3,4)13-5/h8-9,12H,6-7,11H2,1-5H3. The Morgan fingerprint density at radius 2 is 2.00 bits per heavy atom. The summed E-state index contributed by atoms with van der Waals surface area (Å²) in [6, 6.07) is 0.333. The van der Waals surface area contributed by atoms with Gasteiger partial charge >= 0.3 is 0 Å². The van der Waals surface area contributed by atoms with Gasteiger partial charge in [0.1, 0.15) is 0 Å². The summed E-state index contributed by atoms with van der Waals surface area (Å²) in [6.45, 7) is 8.55. The normalized spacial score (nSPS) is 17.1. The Bertz CT molecular complexity index is 137. The van der Waals surface area contributed by atoms with Crippen molar-refractivity contribution >= 4 is 0 Å². The Morgan fingerprint density at radius 1 is 1.46 bits per heavy atom. The molecule has 3 nitrogen and oxygen atoms in total. The van der Waals surface area contributed by atoms with Gasteiger partial charge in [-0.15, -0.1) is 0 Å². The van der Waals surface area contributed by atoms with Crippen molar-refractivity contribution in [1.29, 1.82) is 0 Å². The molecule has 0 amide bonds. The van der Waals surface area contributed by atoms with Gasteiger partial charge in [-0.25, -0.2) is 0 Å². The first-order valence-electron chi connectivity index (χ1n) is 4.98. The van der Waals surface area contributed by atoms with Crippen LogP contribution in [0.2, 0.25) is 0 Å². The lowest BCUT2D eigenvalue weighted by atomic mass is 9.89. The fourth-order valence-electron chi connectivity index (χ4n) is 1.32. The molecule has 80 valence electrons. The van der Waals surface area contributed by atoms with Gasteiger partial charge in [-0.05, 0) is 26.2 Å². The monoisotopic (exact) mass is 188 g/mol. The molecule has 0 aromatic carbocycles. The van der Waals surface area contributed by atoms with E-state index in [0.717, 1.165) is 12.8 Å². The van der Waals surface area contributed by atoms with Crippen molar-refractivity contribution in [2.24, 2.45) is 11.8 Å². The van der Waals surface area contributed by atoms with E-state index in [9.17, 15) is 0 Å². The van der Waals surface area contributed by atoms with E-state index in [1.165, 1.54) is 0 Å². The van der Waals surface area contributed by atoms with Crippen LogP contribution in [0.15, 0.2) is 0 Å². The summed E-state index contributed by atoms with van der Waals surface area (Å²) >= 11 is 0. The molecule has 0 rings (SSSR count). The van der Waals surface area contributed by atoms with Crippen LogP contribution >= 0.6 is 0 Å². The average Bonchev–Trinajstić information content (AvgIpc) is 2.13. The first kappa shape index (κ1) is 12.9. The predicted molar refractivity (Wildman–Crippen MR) is 56.3 cm³/mol. The SMILES string of the molecule is CCC(C)C(CC(C)(C)OC)NN. The highest BCUT2D eigenvalue weighted by atomic mass is 16.5. The maximum absolute atomic E-state index is 5.51. The smallest absolute Gasteiger partial charge is 0.0638 e. The average molecular weight is 188 g/mol. The molecule has 0 aromatic heterocycles. The third-order valence-corrected chi connectivity index (χ3v) is 2.81. The molecule has 3 N–H and O–H groups in total. The van der Waals surface area contributed by atoms with Crippen molar-refractivity contribution in [3.63, 3.8) is 0 Å². The molecule has 0 aliphatic heterocycles. The summed E-state index contributed by atoms with van der Waals surface area (Å²) in [4.78, 5) is 0. The van der Waals surface area contributed by atoms with E-state index in [1.807, 2.05) is 0 Å². The van der Waals surface area contributed by atoms with Crippen LogP contribution in [0, 0.1) is 5.92 Å². The summed E-state index contributed by atoms with van der Waals surface area (Å²) in [5, 5.41) is 0. The fraction of sp³-hybridized carbons (Fsp3) is 1.00. The summed E-state index contributed by atoms with van der Waals surface area (Å²) < 4.78 is 5.37. The quantitative estimate of drug-likeness (QED) is 0.492. The van der Waals surface area contributed by atoms with Gasteiger partial charge in [0.05, 0.1) is 5.60 Å². The molecule has 0 spiro atoms. The number of hydrogen-bond donors (Lipinski definition) is 2. The van der Waals surface area contributed by atoms with Crippen LogP contribution in [-0.4, -0.2) is 18.8 Å². The molecule has 2 unspecified atom stereocenters. The zero-order valence-corrected chi connectivity index (χ0v) is 9.55. The number of nitrogens with two attached hydrogens (primary N) is 1. The molecule has 0 aliphatic carbocycles. The van der Waals surface area contributed by atoms with Gasteiger partial charge in [-0.1, -0.05) is 20.3 Å². The van der Waals surface area contributed by atoms with Crippen molar-refractivity contribution in [2.75, 3.05) is 7.11 Å². The van der Waals surface area contributed by atoms with E-state index in [4.69, 9.17) is 10.6 Å². The topological polar surface area (TPSA) is 47.3 Å². The molecule has 0 radical (unpaired) electrons. The molecule has 0 bridgehead atoms. The van der Waals surface area contributed by atoms with Crippen molar-refractivity contribution in [3.8, 4) is 0 Å². The minimum absolute atomic E-state index is 0.0968. The van der Waals surface area contributed by atoms with Crippen molar-refractivity contribution < 1.29 is 4.74 Å². The molecular weight excluding hydrogens is 164 g/mol. The van der Waals surface area contributed by atoms with Crippen LogP contribution in [0.4, 0.5) is 0 Å². The molecule has 0 heterocycles. The fourth-order valence-corrected chi connectivity index (χ4v) is 1.32. The highest BCUT2D eigenvalue weighted by Gasteiger charge is 2.24.